The second-order valence-corrected chi connectivity index (χ2v) is 11.7. The number of nitrogens with one attached hydrogen (secondary N) is 3. The first-order valence-electron chi connectivity index (χ1n) is 14.3. The monoisotopic (exact) mass is 522 g/mol. The number of hydrogen-bond acceptors (Lipinski definition) is 6. The van der Waals surface area contributed by atoms with Gasteiger partial charge in [0, 0.05) is 24.3 Å². The molecule has 4 N–H and O–H groups in total. The van der Waals surface area contributed by atoms with Crippen molar-refractivity contribution in [1.82, 2.24) is 30.2 Å². The Balaban J connectivity index is 1.11. The first kappa shape index (κ1) is 23.4. The molecule has 200 valence electrons. The standard InChI is InChI=1S/C31H34N6O2/c1-37-14-17(15-38)9-27(37)31-34-24-7-5-18-11-23-21-6-4-19(26-13-33-30(35-26)25-3-2-8-32-25)10-20(21)16-39-28(23)12-22(18)29(24)36-31/h4,6,10-13,17,25,27,32,38H,2-3,5,7-9,14-16H2,1H3,(H,33,35)(H,34,36)/t17-,25-,27-/m0/s1. The van der Waals surface area contributed by atoms with E-state index in [9.17, 15) is 5.11 Å². The van der Waals surface area contributed by atoms with Crippen molar-refractivity contribution in [2.45, 2.75) is 50.8 Å². The second kappa shape index (κ2) is 9.05. The smallest absolute Gasteiger partial charge is 0.128 e. The van der Waals surface area contributed by atoms with Crippen molar-refractivity contribution in [2.24, 2.45) is 5.92 Å². The van der Waals surface area contributed by atoms with Crippen LogP contribution in [-0.4, -0.2) is 56.7 Å². The number of hydrogen-bond donors (Lipinski definition) is 4. The Morgan fingerprint density at radius 2 is 2.00 bits per heavy atom. The highest BCUT2D eigenvalue weighted by molar-refractivity contribution is 5.83. The fourth-order valence-corrected chi connectivity index (χ4v) is 7.07. The molecule has 1 aliphatic carbocycles. The fourth-order valence-electron chi connectivity index (χ4n) is 7.07. The molecule has 0 radical (unpaired) electrons. The highest BCUT2D eigenvalue weighted by atomic mass is 16.5. The summed E-state index contributed by atoms with van der Waals surface area (Å²) in [5.41, 5.74) is 10.6. The van der Waals surface area contributed by atoms with Crippen LogP contribution in [0.2, 0.25) is 0 Å². The summed E-state index contributed by atoms with van der Waals surface area (Å²) in [7, 11) is 2.13. The van der Waals surface area contributed by atoms with E-state index in [1.807, 2.05) is 6.20 Å². The average Bonchev–Trinajstić information content (AvgIpc) is 3.77. The maximum atomic E-state index is 9.66. The predicted octanol–water partition coefficient (Wildman–Crippen LogP) is 4.53. The molecular formula is C31H34N6O2. The van der Waals surface area contributed by atoms with Crippen LogP contribution in [0.15, 0.2) is 36.5 Å². The van der Waals surface area contributed by atoms with E-state index in [4.69, 9.17) is 9.72 Å². The Labute approximate surface area is 227 Å². The van der Waals surface area contributed by atoms with Gasteiger partial charge in [-0.1, -0.05) is 12.1 Å². The van der Waals surface area contributed by atoms with Crippen molar-refractivity contribution in [2.75, 3.05) is 26.7 Å². The maximum Gasteiger partial charge on any atom is 0.128 e. The van der Waals surface area contributed by atoms with E-state index in [0.717, 1.165) is 78.8 Å². The largest absolute Gasteiger partial charge is 0.488 e. The molecule has 2 fully saturated rings. The SMILES string of the molecule is CN1C[C@@H](CO)C[C@H]1c1nc2c([nH]1)-c1cc3c(cc1CC2)-c1ccc(-c2cnc([C@@H]4CCCN4)[nH]2)cc1CO3. The quantitative estimate of drug-likeness (QED) is 0.314. The molecule has 8 rings (SSSR count). The molecule has 8 heteroatoms. The Bertz CT molecular complexity index is 1570. The van der Waals surface area contributed by atoms with Crippen molar-refractivity contribution < 1.29 is 9.84 Å². The third kappa shape index (κ3) is 3.84. The maximum absolute atomic E-state index is 9.66. The van der Waals surface area contributed by atoms with Crippen LogP contribution in [-0.2, 0) is 19.4 Å². The van der Waals surface area contributed by atoms with Gasteiger partial charge in [-0.2, -0.15) is 0 Å². The summed E-state index contributed by atoms with van der Waals surface area (Å²) in [5.74, 6) is 3.30. The molecule has 2 aromatic heterocycles. The summed E-state index contributed by atoms with van der Waals surface area (Å²) in [6.45, 7) is 2.75. The number of likely N-dealkylation sites (tertiary alicyclic amines) is 1. The minimum Gasteiger partial charge on any atom is -0.488 e. The molecule has 3 atom stereocenters. The van der Waals surface area contributed by atoms with Gasteiger partial charge < -0.3 is 25.1 Å². The van der Waals surface area contributed by atoms with Crippen molar-refractivity contribution in [1.29, 1.82) is 0 Å². The molecule has 2 saturated heterocycles. The first-order chi connectivity index (χ1) is 19.1. The highest BCUT2D eigenvalue weighted by Gasteiger charge is 2.34. The molecular weight excluding hydrogens is 488 g/mol. The number of aliphatic hydroxyl groups excluding tert-OH is 1. The van der Waals surface area contributed by atoms with E-state index >= 15 is 0 Å². The summed E-state index contributed by atoms with van der Waals surface area (Å²) in [4.78, 5) is 19.2. The summed E-state index contributed by atoms with van der Waals surface area (Å²) in [6.07, 6.45) is 7.13. The molecule has 0 unspecified atom stereocenters. The van der Waals surface area contributed by atoms with E-state index < -0.39 is 0 Å². The van der Waals surface area contributed by atoms with Crippen molar-refractivity contribution in [3.63, 3.8) is 0 Å². The molecule has 4 aromatic rings. The molecule has 0 saturated carbocycles. The number of imidazole rings is 2. The topological polar surface area (TPSA) is 102 Å². The number of nitrogens with zero attached hydrogens (tertiary/aromatic N) is 3. The molecule has 39 heavy (non-hydrogen) atoms. The Morgan fingerprint density at radius 1 is 1.05 bits per heavy atom. The van der Waals surface area contributed by atoms with Crippen LogP contribution in [0.25, 0.3) is 33.6 Å². The number of aromatic nitrogens is 4. The van der Waals surface area contributed by atoms with Crippen LogP contribution >= 0.6 is 0 Å². The first-order valence-corrected chi connectivity index (χ1v) is 14.3. The van der Waals surface area contributed by atoms with Crippen LogP contribution < -0.4 is 10.1 Å². The zero-order valence-electron chi connectivity index (χ0n) is 22.3. The number of H-pyrrole nitrogens is 2. The lowest BCUT2D eigenvalue weighted by molar-refractivity contribution is 0.227. The van der Waals surface area contributed by atoms with Crippen LogP contribution in [0.4, 0.5) is 0 Å². The van der Waals surface area contributed by atoms with Gasteiger partial charge in [-0.3, -0.25) is 4.90 Å². The van der Waals surface area contributed by atoms with Gasteiger partial charge in [-0.05, 0) is 92.1 Å². The molecule has 0 amide bonds. The average molecular weight is 523 g/mol. The molecule has 5 heterocycles. The van der Waals surface area contributed by atoms with E-state index in [2.05, 4.69) is 62.5 Å². The van der Waals surface area contributed by atoms with Gasteiger partial charge in [-0.15, -0.1) is 0 Å². The van der Waals surface area contributed by atoms with Gasteiger partial charge in [0.2, 0.25) is 0 Å². The van der Waals surface area contributed by atoms with Crippen molar-refractivity contribution >= 4 is 0 Å². The van der Waals surface area contributed by atoms with E-state index in [1.54, 1.807) is 0 Å². The van der Waals surface area contributed by atoms with E-state index in [0.29, 0.717) is 18.6 Å². The van der Waals surface area contributed by atoms with Gasteiger partial charge in [0.05, 0.1) is 35.4 Å². The summed E-state index contributed by atoms with van der Waals surface area (Å²) < 4.78 is 6.35. The Morgan fingerprint density at radius 3 is 2.85 bits per heavy atom. The van der Waals surface area contributed by atoms with Crippen molar-refractivity contribution in [3.05, 3.63) is 65.0 Å². The van der Waals surface area contributed by atoms with Crippen LogP contribution in [0.3, 0.4) is 0 Å². The number of aliphatic hydroxyl groups is 1. The number of fused-ring (bicyclic) bond motifs is 6. The van der Waals surface area contributed by atoms with E-state index in [-0.39, 0.29) is 12.6 Å². The third-order valence-electron chi connectivity index (χ3n) is 9.19. The lowest BCUT2D eigenvalue weighted by Crippen LogP contribution is -2.19. The zero-order chi connectivity index (χ0) is 26.1. The number of ether oxygens (including phenoxy) is 1. The lowest BCUT2D eigenvalue weighted by atomic mass is 9.86. The molecule has 3 aliphatic heterocycles. The van der Waals surface area contributed by atoms with Gasteiger partial charge >= 0.3 is 0 Å². The van der Waals surface area contributed by atoms with Gasteiger partial charge in [0.15, 0.2) is 0 Å². The van der Waals surface area contributed by atoms with Gasteiger partial charge in [-0.25, -0.2) is 9.97 Å². The Kier molecular flexibility index (Phi) is 5.43. The molecule has 0 spiro atoms. The minimum atomic E-state index is 0.228. The van der Waals surface area contributed by atoms with Crippen LogP contribution in [0.1, 0.15) is 59.8 Å². The third-order valence-corrected chi connectivity index (χ3v) is 9.19. The number of aryl methyl sites for hydroxylation is 2. The number of aromatic amines is 2. The number of benzene rings is 2. The molecule has 2 aromatic carbocycles. The molecule has 4 aliphatic rings. The van der Waals surface area contributed by atoms with Crippen LogP contribution in [0, 0.1) is 5.92 Å². The predicted molar refractivity (Wildman–Crippen MR) is 149 cm³/mol. The minimum absolute atomic E-state index is 0.228. The van der Waals surface area contributed by atoms with Gasteiger partial charge in [0.1, 0.15) is 24.0 Å². The summed E-state index contributed by atoms with van der Waals surface area (Å²) >= 11 is 0. The van der Waals surface area contributed by atoms with E-state index in [1.165, 1.54) is 34.2 Å². The molecule has 8 nitrogen and oxygen atoms in total. The van der Waals surface area contributed by atoms with Crippen molar-refractivity contribution in [3.8, 4) is 39.4 Å². The second-order valence-electron chi connectivity index (χ2n) is 11.7. The Hall–Kier alpha value is -3.46. The van der Waals surface area contributed by atoms with Crippen LogP contribution in [0.5, 0.6) is 5.75 Å². The zero-order valence-corrected chi connectivity index (χ0v) is 22.3. The normalized spacial score (nSPS) is 23.7. The number of rotatable bonds is 4. The summed E-state index contributed by atoms with van der Waals surface area (Å²) in [6, 6.07) is 11.8. The fraction of sp³-hybridized carbons (Fsp3) is 0.419. The highest BCUT2D eigenvalue weighted by Crippen LogP contribution is 2.45. The summed E-state index contributed by atoms with van der Waals surface area (Å²) in [5, 5.41) is 13.2. The lowest BCUT2D eigenvalue weighted by Gasteiger charge is -2.25. The van der Waals surface area contributed by atoms with Gasteiger partial charge in [0.25, 0.3) is 0 Å². The molecule has 0 bridgehead atoms.